The fourth-order valence-electron chi connectivity index (χ4n) is 3.48. The number of carbonyl (C=O) groups excluding carboxylic acids is 1. The average molecular weight is 379 g/mol. The summed E-state index contributed by atoms with van der Waals surface area (Å²) in [7, 11) is 1.45. The van der Waals surface area contributed by atoms with Gasteiger partial charge in [-0.3, -0.25) is 0 Å². The van der Waals surface area contributed by atoms with Crippen LogP contribution in [0.15, 0.2) is 34.5 Å². The Labute approximate surface area is 157 Å². The van der Waals surface area contributed by atoms with E-state index in [4.69, 9.17) is 13.9 Å². The molecule has 1 saturated carbocycles. The molecule has 1 unspecified atom stereocenters. The van der Waals surface area contributed by atoms with Crippen molar-refractivity contribution in [2.24, 2.45) is 22.1 Å². The minimum atomic E-state index is -1.57. The molecule has 0 N–H and O–H groups in total. The van der Waals surface area contributed by atoms with Crippen molar-refractivity contribution in [3.8, 4) is 5.75 Å². The maximum Gasteiger partial charge on any atom is 0.336 e. The monoisotopic (exact) mass is 378 g/mol. The fourth-order valence-corrected chi connectivity index (χ4v) is 4.21. The van der Waals surface area contributed by atoms with Gasteiger partial charge in [0.15, 0.2) is 13.9 Å². The van der Waals surface area contributed by atoms with Crippen molar-refractivity contribution in [3.63, 3.8) is 0 Å². The summed E-state index contributed by atoms with van der Waals surface area (Å²) in [5.74, 6) is 0.700. The Morgan fingerprint density at radius 1 is 1.15 bits per heavy atom. The number of rotatable bonds is 9. The van der Waals surface area contributed by atoms with Gasteiger partial charge in [-0.2, -0.15) is 10.2 Å². The zero-order valence-corrected chi connectivity index (χ0v) is 17.6. The maximum absolute atomic E-state index is 12.5. The molecule has 0 bridgehead atoms. The third-order valence-electron chi connectivity index (χ3n) is 4.83. The molecule has 1 aliphatic rings. The van der Waals surface area contributed by atoms with Crippen molar-refractivity contribution in [3.05, 3.63) is 24.3 Å². The summed E-state index contributed by atoms with van der Waals surface area (Å²) in [6.45, 7) is 9.20. The third kappa shape index (κ3) is 4.51. The second-order valence-corrected chi connectivity index (χ2v) is 12.1. The smallest absolute Gasteiger partial charge is 0.336 e. The Hall–Kier alpha value is -1.73. The summed E-state index contributed by atoms with van der Waals surface area (Å²) >= 11 is 0. The first kappa shape index (κ1) is 20.6. The number of azo groups is 1. The van der Waals surface area contributed by atoms with Gasteiger partial charge in [-0.05, 0) is 56.7 Å². The van der Waals surface area contributed by atoms with Crippen molar-refractivity contribution >= 4 is 20.0 Å². The minimum absolute atomic E-state index is 0.110. The zero-order chi connectivity index (χ0) is 19.4. The highest BCUT2D eigenvalue weighted by molar-refractivity contribution is 6.69. The van der Waals surface area contributed by atoms with Gasteiger partial charge < -0.3 is 13.9 Å². The second kappa shape index (κ2) is 8.31. The molecule has 6 nitrogen and oxygen atoms in total. The highest BCUT2D eigenvalue weighted by Gasteiger charge is 2.70. The number of methoxy groups -OCH3 is 2. The molecule has 26 heavy (non-hydrogen) atoms. The van der Waals surface area contributed by atoms with E-state index in [1.165, 1.54) is 7.11 Å². The standard InChI is InChI=1S/C19H30N2O4Si/c1-7-16-17(12-13-25-26(4,5)6)19(16,18(22)24-3)21-20-14-8-10-15(23-2)11-9-14/h8-11,16-17H,7,12-13H2,1-6H3/t16-,17+,19?/m0/s1. The maximum atomic E-state index is 12.5. The number of benzene rings is 1. The quantitative estimate of drug-likeness (QED) is 0.358. The Morgan fingerprint density at radius 2 is 1.81 bits per heavy atom. The predicted octanol–water partition coefficient (Wildman–Crippen LogP) is 4.59. The van der Waals surface area contributed by atoms with Crippen molar-refractivity contribution in [1.82, 2.24) is 0 Å². The van der Waals surface area contributed by atoms with Gasteiger partial charge in [0.05, 0.1) is 19.9 Å². The molecular weight excluding hydrogens is 348 g/mol. The molecule has 144 valence electrons. The third-order valence-corrected chi connectivity index (χ3v) is 5.90. The van der Waals surface area contributed by atoms with Crippen LogP contribution in [-0.4, -0.2) is 40.7 Å². The van der Waals surface area contributed by atoms with Crippen LogP contribution in [0.5, 0.6) is 5.75 Å². The van der Waals surface area contributed by atoms with Gasteiger partial charge in [-0.25, -0.2) is 4.79 Å². The van der Waals surface area contributed by atoms with Gasteiger partial charge >= 0.3 is 5.97 Å². The van der Waals surface area contributed by atoms with Gasteiger partial charge in [0.1, 0.15) is 5.75 Å². The van der Waals surface area contributed by atoms with Gasteiger partial charge in [-0.1, -0.05) is 6.92 Å². The molecule has 3 atom stereocenters. The van der Waals surface area contributed by atoms with Crippen molar-refractivity contribution < 1.29 is 18.7 Å². The first-order chi connectivity index (χ1) is 12.3. The number of hydrogen-bond acceptors (Lipinski definition) is 6. The van der Waals surface area contributed by atoms with Crippen LogP contribution in [0, 0.1) is 11.8 Å². The van der Waals surface area contributed by atoms with E-state index >= 15 is 0 Å². The normalized spacial score (nSPS) is 25.3. The lowest BCUT2D eigenvalue weighted by Crippen LogP contribution is -2.28. The van der Waals surface area contributed by atoms with Crippen LogP contribution in [0.3, 0.4) is 0 Å². The number of hydrogen-bond donors (Lipinski definition) is 0. The van der Waals surface area contributed by atoms with Crippen LogP contribution < -0.4 is 4.74 Å². The molecule has 0 aliphatic heterocycles. The molecule has 0 heterocycles. The van der Waals surface area contributed by atoms with Crippen LogP contribution in [0.25, 0.3) is 0 Å². The molecule has 1 fully saturated rings. The van der Waals surface area contributed by atoms with E-state index < -0.39 is 13.9 Å². The highest BCUT2D eigenvalue weighted by Crippen LogP contribution is 2.58. The summed E-state index contributed by atoms with van der Waals surface area (Å²) in [5.41, 5.74) is -0.195. The molecular formula is C19H30N2O4Si. The summed E-state index contributed by atoms with van der Waals surface area (Å²) in [5, 5.41) is 8.80. The Bertz CT molecular complexity index is 642. The topological polar surface area (TPSA) is 69.5 Å². The number of ether oxygens (including phenoxy) is 2. The summed E-state index contributed by atoms with van der Waals surface area (Å²) in [6.07, 6.45) is 1.65. The highest BCUT2D eigenvalue weighted by atomic mass is 28.4. The molecule has 1 aromatic carbocycles. The second-order valence-electron chi connectivity index (χ2n) is 7.59. The van der Waals surface area contributed by atoms with E-state index in [9.17, 15) is 4.79 Å². The largest absolute Gasteiger partial charge is 0.497 e. The first-order valence-corrected chi connectivity index (χ1v) is 12.5. The van der Waals surface area contributed by atoms with Gasteiger partial charge in [-0.15, -0.1) is 0 Å². The van der Waals surface area contributed by atoms with E-state index in [0.29, 0.717) is 12.3 Å². The van der Waals surface area contributed by atoms with E-state index in [1.54, 1.807) is 7.11 Å². The Kier molecular flexibility index (Phi) is 6.57. The molecule has 0 amide bonds. The lowest BCUT2D eigenvalue weighted by molar-refractivity contribution is -0.144. The van der Waals surface area contributed by atoms with E-state index in [1.807, 2.05) is 24.3 Å². The lowest BCUT2D eigenvalue weighted by Gasteiger charge is -2.17. The number of nitrogens with zero attached hydrogens (tertiary/aromatic N) is 2. The SMILES string of the molecule is CC[C@H]1[C@@H](CCO[Si](C)(C)C)C1(N=Nc1ccc(OC)cc1)C(=O)OC. The van der Waals surface area contributed by atoms with Gasteiger partial charge in [0.2, 0.25) is 0 Å². The van der Waals surface area contributed by atoms with E-state index in [0.717, 1.165) is 18.6 Å². The molecule has 0 radical (unpaired) electrons. The molecule has 7 heteroatoms. The minimum Gasteiger partial charge on any atom is -0.497 e. The van der Waals surface area contributed by atoms with Crippen LogP contribution in [0.2, 0.25) is 19.6 Å². The van der Waals surface area contributed by atoms with Crippen LogP contribution in [0.1, 0.15) is 19.8 Å². The Balaban J connectivity index is 2.16. The van der Waals surface area contributed by atoms with Crippen LogP contribution >= 0.6 is 0 Å². The van der Waals surface area contributed by atoms with Gasteiger partial charge in [0, 0.05) is 18.4 Å². The number of esters is 1. The van der Waals surface area contributed by atoms with Crippen LogP contribution in [-0.2, 0) is 14.0 Å². The van der Waals surface area contributed by atoms with Crippen molar-refractivity contribution in [2.75, 3.05) is 20.8 Å². The van der Waals surface area contributed by atoms with Crippen molar-refractivity contribution in [2.45, 2.75) is 44.9 Å². The molecule has 1 aromatic rings. The Morgan fingerprint density at radius 3 is 2.31 bits per heavy atom. The van der Waals surface area contributed by atoms with Crippen LogP contribution in [0.4, 0.5) is 5.69 Å². The summed E-state index contributed by atoms with van der Waals surface area (Å²) < 4.78 is 16.2. The first-order valence-electron chi connectivity index (χ1n) is 9.07. The average Bonchev–Trinajstić information content (AvgIpc) is 3.25. The predicted molar refractivity (Wildman–Crippen MR) is 103 cm³/mol. The molecule has 0 saturated heterocycles. The number of carbonyl (C=O) groups is 1. The lowest BCUT2D eigenvalue weighted by atomic mass is 10.2. The van der Waals surface area contributed by atoms with E-state index in [-0.39, 0.29) is 17.8 Å². The molecule has 1 aliphatic carbocycles. The van der Waals surface area contributed by atoms with Crippen molar-refractivity contribution in [1.29, 1.82) is 0 Å². The summed E-state index contributed by atoms with van der Waals surface area (Å²) in [4.78, 5) is 12.5. The van der Waals surface area contributed by atoms with E-state index in [2.05, 4.69) is 36.8 Å². The molecule has 0 aromatic heterocycles. The zero-order valence-electron chi connectivity index (χ0n) is 16.6. The fraction of sp³-hybridized carbons (Fsp3) is 0.632. The summed E-state index contributed by atoms with van der Waals surface area (Å²) in [6, 6.07) is 7.28. The molecule has 0 spiro atoms. The van der Waals surface area contributed by atoms with Gasteiger partial charge in [0.25, 0.3) is 0 Å². The molecule has 2 rings (SSSR count).